The number of hydrogen-bond acceptors (Lipinski definition) is 4. The SMILES string of the molecule is COc1cc(C)cc(OC)c1[C@H](N)[C@H](O)C1CCC1. The van der Waals surface area contributed by atoms with Crippen LogP contribution in [0.4, 0.5) is 0 Å². The molecule has 4 heteroatoms. The molecule has 1 aliphatic carbocycles. The van der Waals surface area contributed by atoms with Crippen molar-refractivity contribution in [3.05, 3.63) is 23.3 Å². The van der Waals surface area contributed by atoms with E-state index in [4.69, 9.17) is 15.2 Å². The first-order valence-corrected chi connectivity index (χ1v) is 6.74. The highest BCUT2D eigenvalue weighted by atomic mass is 16.5. The largest absolute Gasteiger partial charge is 0.496 e. The van der Waals surface area contributed by atoms with Crippen LogP contribution in [0.2, 0.25) is 0 Å². The standard InChI is InChI=1S/C15H23NO3/c1-9-7-11(18-2)13(12(8-9)19-3)14(16)15(17)10-5-4-6-10/h7-8,10,14-15,17H,4-6,16H2,1-3H3/t14-,15+/m0/s1. The third-order valence-corrected chi connectivity index (χ3v) is 4.02. The number of hydrogen-bond donors (Lipinski definition) is 2. The molecule has 1 aliphatic rings. The molecule has 0 bridgehead atoms. The van der Waals surface area contributed by atoms with E-state index in [9.17, 15) is 5.11 Å². The second kappa shape index (κ2) is 5.80. The first kappa shape index (κ1) is 14.2. The quantitative estimate of drug-likeness (QED) is 0.856. The van der Waals surface area contributed by atoms with Crippen molar-refractivity contribution >= 4 is 0 Å². The van der Waals surface area contributed by atoms with E-state index in [-0.39, 0.29) is 0 Å². The van der Waals surface area contributed by atoms with Crippen LogP contribution < -0.4 is 15.2 Å². The van der Waals surface area contributed by atoms with Crippen molar-refractivity contribution in [3.8, 4) is 11.5 Å². The van der Waals surface area contributed by atoms with Crippen LogP contribution in [0.1, 0.15) is 36.4 Å². The lowest BCUT2D eigenvalue weighted by Gasteiger charge is -2.34. The molecule has 0 aliphatic heterocycles. The zero-order valence-corrected chi connectivity index (χ0v) is 11.8. The van der Waals surface area contributed by atoms with Crippen molar-refractivity contribution < 1.29 is 14.6 Å². The van der Waals surface area contributed by atoms with E-state index in [1.165, 1.54) is 6.42 Å². The lowest BCUT2D eigenvalue weighted by atomic mass is 9.77. The van der Waals surface area contributed by atoms with Crippen LogP contribution in [0, 0.1) is 12.8 Å². The van der Waals surface area contributed by atoms with Crippen LogP contribution >= 0.6 is 0 Å². The van der Waals surface area contributed by atoms with Crippen molar-refractivity contribution in [2.75, 3.05) is 14.2 Å². The highest BCUT2D eigenvalue weighted by Gasteiger charge is 2.33. The van der Waals surface area contributed by atoms with Gasteiger partial charge in [0, 0.05) is 0 Å². The lowest BCUT2D eigenvalue weighted by molar-refractivity contribution is 0.0401. The minimum atomic E-state index is -0.542. The summed E-state index contributed by atoms with van der Waals surface area (Å²) in [5.41, 5.74) is 8.05. The zero-order valence-electron chi connectivity index (χ0n) is 11.8. The molecule has 0 amide bonds. The van der Waals surface area contributed by atoms with Gasteiger partial charge in [0.05, 0.1) is 31.9 Å². The Morgan fingerprint density at radius 2 is 1.74 bits per heavy atom. The highest BCUT2D eigenvalue weighted by Crippen LogP contribution is 2.40. The monoisotopic (exact) mass is 265 g/mol. The van der Waals surface area contributed by atoms with Gasteiger partial charge < -0.3 is 20.3 Å². The average molecular weight is 265 g/mol. The average Bonchev–Trinajstić information content (AvgIpc) is 2.34. The van der Waals surface area contributed by atoms with Crippen LogP contribution in [0.3, 0.4) is 0 Å². The van der Waals surface area contributed by atoms with Gasteiger partial charge in [-0.05, 0) is 43.4 Å². The first-order chi connectivity index (χ1) is 9.08. The van der Waals surface area contributed by atoms with Crippen molar-refractivity contribution in [2.24, 2.45) is 11.7 Å². The molecule has 3 N–H and O–H groups in total. The summed E-state index contributed by atoms with van der Waals surface area (Å²) in [6, 6.07) is 3.37. The summed E-state index contributed by atoms with van der Waals surface area (Å²) in [7, 11) is 3.22. The van der Waals surface area contributed by atoms with Gasteiger partial charge in [0.15, 0.2) is 0 Å². The molecule has 0 saturated heterocycles. The third-order valence-electron chi connectivity index (χ3n) is 4.02. The summed E-state index contributed by atoms with van der Waals surface area (Å²) < 4.78 is 10.8. The normalized spacial score (nSPS) is 18.6. The molecule has 2 rings (SSSR count). The molecular formula is C15H23NO3. The van der Waals surface area contributed by atoms with E-state index in [2.05, 4.69) is 0 Å². The van der Waals surface area contributed by atoms with Crippen molar-refractivity contribution in [3.63, 3.8) is 0 Å². The molecule has 0 radical (unpaired) electrons. The number of aliphatic hydroxyl groups is 1. The Hall–Kier alpha value is -1.26. The van der Waals surface area contributed by atoms with Gasteiger partial charge >= 0.3 is 0 Å². The Morgan fingerprint density at radius 3 is 2.11 bits per heavy atom. The van der Waals surface area contributed by atoms with E-state index in [0.29, 0.717) is 17.4 Å². The Morgan fingerprint density at radius 1 is 1.21 bits per heavy atom. The third kappa shape index (κ3) is 2.69. The lowest BCUT2D eigenvalue weighted by Crippen LogP contribution is -2.36. The maximum Gasteiger partial charge on any atom is 0.127 e. The fraction of sp³-hybridized carbons (Fsp3) is 0.600. The molecule has 0 unspecified atom stereocenters. The Kier molecular flexibility index (Phi) is 4.32. The number of methoxy groups -OCH3 is 2. The number of aliphatic hydroxyl groups excluding tert-OH is 1. The second-order valence-electron chi connectivity index (χ2n) is 5.29. The van der Waals surface area contributed by atoms with Crippen LogP contribution in [-0.4, -0.2) is 25.4 Å². The van der Waals surface area contributed by atoms with E-state index in [0.717, 1.165) is 24.0 Å². The molecule has 0 aromatic heterocycles. The topological polar surface area (TPSA) is 64.7 Å². The summed E-state index contributed by atoms with van der Waals surface area (Å²) >= 11 is 0. The Balaban J connectivity index is 2.35. The van der Waals surface area contributed by atoms with Crippen molar-refractivity contribution in [2.45, 2.75) is 38.3 Å². The molecular weight excluding hydrogens is 242 g/mol. The van der Waals surface area contributed by atoms with E-state index in [1.807, 2.05) is 19.1 Å². The summed E-state index contributed by atoms with van der Waals surface area (Å²) in [6.07, 6.45) is 2.73. The van der Waals surface area contributed by atoms with E-state index in [1.54, 1.807) is 14.2 Å². The molecule has 106 valence electrons. The van der Waals surface area contributed by atoms with Gasteiger partial charge in [-0.25, -0.2) is 0 Å². The minimum Gasteiger partial charge on any atom is -0.496 e. The van der Waals surface area contributed by atoms with Gasteiger partial charge in [0.25, 0.3) is 0 Å². The van der Waals surface area contributed by atoms with Gasteiger partial charge in [-0.2, -0.15) is 0 Å². The van der Waals surface area contributed by atoms with Gasteiger partial charge in [-0.1, -0.05) is 6.42 Å². The Bertz CT molecular complexity index is 418. The molecule has 0 heterocycles. The maximum atomic E-state index is 10.4. The molecule has 1 aromatic rings. The van der Waals surface area contributed by atoms with Gasteiger partial charge in [0.2, 0.25) is 0 Å². The van der Waals surface area contributed by atoms with Gasteiger partial charge in [-0.15, -0.1) is 0 Å². The first-order valence-electron chi connectivity index (χ1n) is 6.74. The molecule has 1 fully saturated rings. The summed E-state index contributed by atoms with van der Waals surface area (Å²) in [5.74, 6) is 1.66. The van der Waals surface area contributed by atoms with E-state index < -0.39 is 12.1 Å². The summed E-state index contributed by atoms with van der Waals surface area (Å²) in [6.45, 7) is 1.97. The minimum absolute atomic E-state index is 0.297. The predicted octanol–water partition coefficient (Wildman–Crippen LogP) is 2.17. The Labute approximate surface area is 114 Å². The molecule has 0 spiro atoms. The highest BCUT2D eigenvalue weighted by molar-refractivity contribution is 5.50. The molecule has 1 saturated carbocycles. The number of rotatable bonds is 5. The fourth-order valence-electron chi connectivity index (χ4n) is 2.64. The smallest absolute Gasteiger partial charge is 0.127 e. The van der Waals surface area contributed by atoms with Crippen LogP contribution in [0.25, 0.3) is 0 Å². The summed E-state index contributed by atoms with van der Waals surface area (Å²) in [4.78, 5) is 0. The van der Waals surface area contributed by atoms with Crippen LogP contribution in [0.5, 0.6) is 11.5 Å². The van der Waals surface area contributed by atoms with E-state index >= 15 is 0 Å². The van der Waals surface area contributed by atoms with Crippen molar-refractivity contribution in [1.29, 1.82) is 0 Å². The van der Waals surface area contributed by atoms with Gasteiger partial charge in [-0.3, -0.25) is 0 Å². The van der Waals surface area contributed by atoms with Crippen LogP contribution in [0.15, 0.2) is 12.1 Å². The van der Waals surface area contributed by atoms with Gasteiger partial charge in [0.1, 0.15) is 11.5 Å². The number of nitrogens with two attached hydrogens (primary N) is 1. The predicted molar refractivity (Wildman–Crippen MR) is 74.6 cm³/mol. The van der Waals surface area contributed by atoms with Crippen LogP contribution in [-0.2, 0) is 0 Å². The van der Waals surface area contributed by atoms with Crippen molar-refractivity contribution in [1.82, 2.24) is 0 Å². The maximum absolute atomic E-state index is 10.4. The molecule has 4 nitrogen and oxygen atoms in total. The number of benzene rings is 1. The fourth-order valence-corrected chi connectivity index (χ4v) is 2.64. The molecule has 19 heavy (non-hydrogen) atoms. The number of aryl methyl sites for hydroxylation is 1. The zero-order chi connectivity index (χ0) is 14.0. The number of ether oxygens (including phenoxy) is 2. The molecule has 1 aromatic carbocycles. The summed E-state index contributed by atoms with van der Waals surface area (Å²) in [5, 5.41) is 10.4. The molecule has 2 atom stereocenters. The second-order valence-corrected chi connectivity index (χ2v) is 5.29.